The van der Waals surface area contributed by atoms with E-state index in [0.717, 1.165) is 11.3 Å². The Labute approximate surface area is 403 Å². The van der Waals surface area contributed by atoms with Crippen LogP contribution in [-0.4, -0.2) is 145 Å². The average molecular weight is 957 g/mol. The van der Waals surface area contributed by atoms with E-state index >= 15 is 0 Å². The Morgan fingerprint density at radius 2 is 1.46 bits per heavy atom. The fourth-order valence-electron chi connectivity index (χ4n) is 7.09. The zero-order valence-electron chi connectivity index (χ0n) is 42.5. The minimum absolute atomic E-state index is 0.0197. The van der Waals surface area contributed by atoms with Crippen LogP contribution in [0.25, 0.3) is 6.08 Å². The zero-order chi connectivity index (χ0) is 50.1. The zero-order valence-corrected chi connectivity index (χ0v) is 42.5. The second-order valence-corrected chi connectivity index (χ2v) is 19.0. The lowest BCUT2D eigenvalue weighted by Gasteiger charge is -2.32. The van der Waals surface area contributed by atoms with Gasteiger partial charge in [0.2, 0.25) is 0 Å². The van der Waals surface area contributed by atoms with Crippen molar-refractivity contribution < 1.29 is 71.2 Å². The van der Waals surface area contributed by atoms with E-state index in [1.807, 2.05) is 70.2 Å². The maximum atomic E-state index is 14.4. The second kappa shape index (κ2) is 26.3. The number of benzene rings is 2. The fraction of sp³-hybridized carbons (Fsp3) is 0.627. The Morgan fingerprint density at radius 1 is 0.794 bits per heavy atom. The van der Waals surface area contributed by atoms with Gasteiger partial charge in [-0.15, -0.1) is 0 Å². The summed E-state index contributed by atoms with van der Waals surface area (Å²) in [5.74, 6) is -1.00. The molecule has 68 heavy (non-hydrogen) atoms. The van der Waals surface area contributed by atoms with Crippen LogP contribution in [0.3, 0.4) is 0 Å². The van der Waals surface area contributed by atoms with Crippen molar-refractivity contribution in [2.45, 2.75) is 124 Å². The van der Waals surface area contributed by atoms with Crippen molar-refractivity contribution in [2.75, 3.05) is 85.7 Å². The number of carbonyl (C=O) groups excluding carboxylic acids is 3. The van der Waals surface area contributed by atoms with Gasteiger partial charge in [0.05, 0.1) is 58.5 Å². The monoisotopic (exact) mass is 957 g/mol. The van der Waals surface area contributed by atoms with E-state index in [9.17, 15) is 14.4 Å². The molecular formula is C51H76N2O15. The summed E-state index contributed by atoms with van der Waals surface area (Å²) in [5, 5.41) is 0. The van der Waals surface area contributed by atoms with Crippen molar-refractivity contribution in [3.8, 4) is 11.5 Å². The van der Waals surface area contributed by atoms with Gasteiger partial charge >= 0.3 is 18.2 Å². The van der Waals surface area contributed by atoms with Gasteiger partial charge in [-0.2, -0.15) is 0 Å². The highest BCUT2D eigenvalue weighted by molar-refractivity contribution is 5.99. The number of nitrogens with zero attached hydrogens (tertiary/aromatic N) is 2. The Balaban J connectivity index is 1.76. The highest BCUT2D eigenvalue weighted by Gasteiger charge is 2.44. The molecule has 2 heterocycles. The molecule has 380 valence electrons. The third-order valence-electron chi connectivity index (χ3n) is 10.6. The number of esters is 1. The molecule has 2 aliphatic rings. The smallest absolute Gasteiger partial charge is 0.414 e. The molecular weight excluding hydrogens is 881 g/mol. The summed E-state index contributed by atoms with van der Waals surface area (Å²) in [4.78, 5) is 45.2. The number of hydrogen-bond donors (Lipinski definition) is 0. The van der Waals surface area contributed by atoms with Gasteiger partial charge in [-0.3, -0.25) is 4.90 Å². The van der Waals surface area contributed by atoms with Crippen LogP contribution in [0, 0.1) is 5.92 Å². The van der Waals surface area contributed by atoms with Crippen molar-refractivity contribution in [2.24, 2.45) is 5.92 Å². The van der Waals surface area contributed by atoms with Gasteiger partial charge < -0.3 is 61.7 Å². The Kier molecular flexibility index (Phi) is 21.6. The maximum absolute atomic E-state index is 14.4. The first kappa shape index (κ1) is 55.8. The van der Waals surface area contributed by atoms with Gasteiger partial charge in [-0.1, -0.05) is 43.4 Å². The van der Waals surface area contributed by atoms with Crippen molar-refractivity contribution in [1.29, 1.82) is 0 Å². The predicted molar refractivity (Wildman–Crippen MR) is 256 cm³/mol. The molecule has 1 fully saturated rings. The van der Waals surface area contributed by atoms with Gasteiger partial charge in [0.1, 0.15) is 46.6 Å². The van der Waals surface area contributed by atoms with Crippen molar-refractivity contribution in [3.05, 3.63) is 71.3 Å². The van der Waals surface area contributed by atoms with E-state index in [4.69, 9.17) is 56.8 Å². The molecule has 0 unspecified atom stereocenters. The van der Waals surface area contributed by atoms with Crippen LogP contribution < -0.4 is 14.4 Å². The van der Waals surface area contributed by atoms with Crippen LogP contribution in [-0.2, 0) is 54.0 Å². The third kappa shape index (κ3) is 18.3. The Bertz CT molecular complexity index is 1960. The number of methoxy groups -OCH3 is 3. The van der Waals surface area contributed by atoms with Crippen LogP contribution in [0.1, 0.15) is 97.1 Å². The molecule has 0 bridgehead atoms. The van der Waals surface area contributed by atoms with Crippen LogP contribution in [0.4, 0.5) is 15.3 Å². The number of cyclic esters (lactones) is 1. The minimum Gasteiger partial charge on any atom is -0.497 e. The van der Waals surface area contributed by atoms with E-state index in [1.165, 1.54) is 16.9 Å². The van der Waals surface area contributed by atoms with Gasteiger partial charge in [0, 0.05) is 45.8 Å². The largest absolute Gasteiger partial charge is 0.497 e. The molecule has 17 nitrogen and oxygen atoms in total. The first-order valence-corrected chi connectivity index (χ1v) is 23.2. The van der Waals surface area contributed by atoms with Crippen LogP contribution in [0.5, 0.6) is 11.5 Å². The molecule has 2 aliphatic heterocycles. The summed E-state index contributed by atoms with van der Waals surface area (Å²) in [7, 11) is 4.68. The highest BCUT2D eigenvalue weighted by Crippen LogP contribution is 2.37. The summed E-state index contributed by atoms with van der Waals surface area (Å²) in [6.07, 6.45) is 4.50. The number of hydrogen-bond acceptors (Lipinski definition) is 15. The first-order chi connectivity index (χ1) is 32.1. The Hall–Kier alpha value is -4.75. The molecule has 4 rings (SSSR count). The normalized spacial score (nSPS) is 21.1. The van der Waals surface area contributed by atoms with Gasteiger partial charge in [-0.25, -0.2) is 14.4 Å². The number of fused-ring (bicyclic) bond motifs is 2. The maximum Gasteiger partial charge on any atom is 0.414 e. The molecule has 0 N–H and O–H groups in total. The standard InChI is InChI=1S/C51H76N2O15/c1-35-17-22-41(62-33-37-18-20-40(59-13)21-19-37)45-42(65-51(9,10)66-45)16-14-15-38-31-39(32-43(63-34-58-12)44(38)46(54)64-36(35)2)53(48(56)68-50(6,7)8)24-23-52(47(55)67-49(3,4)5)25-26-60-29-30-61-28-27-57-11/h14-15,17-22,31-32,35-36,41-42,45H,16,23-30,33-34H2,1-13H3/b15-14?,22-17-/t35-,36+,41-,42+,45-/m1/s1. The molecule has 0 aromatic heterocycles. The van der Waals surface area contributed by atoms with E-state index in [1.54, 1.807) is 74.0 Å². The number of rotatable bonds is 20. The lowest BCUT2D eigenvalue weighted by Crippen LogP contribution is -2.45. The van der Waals surface area contributed by atoms with E-state index in [0.29, 0.717) is 50.7 Å². The molecule has 2 aromatic carbocycles. The molecule has 1 saturated heterocycles. The summed E-state index contributed by atoms with van der Waals surface area (Å²) >= 11 is 0. The van der Waals surface area contributed by atoms with Crippen LogP contribution in [0.2, 0.25) is 0 Å². The topological polar surface area (TPSA) is 168 Å². The average Bonchev–Trinajstić information content (AvgIpc) is 3.57. The van der Waals surface area contributed by atoms with E-state index in [2.05, 4.69) is 0 Å². The quantitative estimate of drug-likeness (QED) is 0.0406. The molecule has 0 spiro atoms. The summed E-state index contributed by atoms with van der Waals surface area (Å²) in [6.45, 7) is 20.0. The minimum atomic E-state index is -0.928. The van der Waals surface area contributed by atoms with Crippen molar-refractivity contribution in [3.63, 3.8) is 0 Å². The summed E-state index contributed by atoms with van der Waals surface area (Å²) < 4.78 is 70.5. The van der Waals surface area contributed by atoms with Crippen LogP contribution >= 0.6 is 0 Å². The van der Waals surface area contributed by atoms with Gasteiger partial charge in [0.15, 0.2) is 12.6 Å². The van der Waals surface area contributed by atoms with Crippen molar-refractivity contribution in [1.82, 2.24) is 4.90 Å². The molecule has 0 aliphatic carbocycles. The molecule has 0 saturated carbocycles. The third-order valence-corrected chi connectivity index (χ3v) is 10.6. The summed E-state index contributed by atoms with van der Waals surface area (Å²) in [6, 6.07) is 10.9. The van der Waals surface area contributed by atoms with E-state index in [-0.39, 0.29) is 50.3 Å². The molecule has 5 atom stereocenters. The van der Waals surface area contributed by atoms with Gasteiger partial charge in [-0.05, 0) is 98.1 Å². The number of ether oxygens (including phenoxy) is 12. The highest BCUT2D eigenvalue weighted by atomic mass is 16.8. The SMILES string of the molecule is COCCOCCOCCN(CCN(C(=O)OC(C)(C)C)c1cc2c(c(OCOC)c1)C(=O)O[C@@H](C)[C@H](C)/C=C\[C@@H](OCc1ccc(OC)cc1)[C@H]1OC(C)(C)O[C@H]1CC=C2)C(=O)OC(C)(C)C. The van der Waals surface area contributed by atoms with E-state index < -0.39 is 59.6 Å². The lowest BCUT2D eigenvalue weighted by atomic mass is 9.98. The molecule has 17 heteroatoms. The van der Waals surface area contributed by atoms with Crippen LogP contribution in [0.15, 0.2) is 54.6 Å². The first-order valence-electron chi connectivity index (χ1n) is 23.2. The number of anilines is 1. The van der Waals surface area contributed by atoms with Gasteiger partial charge in [0.25, 0.3) is 0 Å². The molecule has 2 amide bonds. The number of carbonyl (C=O) groups is 3. The fourth-order valence-corrected chi connectivity index (χ4v) is 7.09. The number of amides is 2. The second-order valence-electron chi connectivity index (χ2n) is 19.0. The summed E-state index contributed by atoms with van der Waals surface area (Å²) in [5.41, 5.74) is 0.0725. The predicted octanol–water partition coefficient (Wildman–Crippen LogP) is 8.60. The van der Waals surface area contributed by atoms with Crippen molar-refractivity contribution >= 4 is 29.9 Å². The molecule has 0 radical (unpaired) electrons. The Morgan fingerprint density at radius 3 is 2.10 bits per heavy atom. The molecule has 2 aromatic rings. The lowest BCUT2D eigenvalue weighted by molar-refractivity contribution is -0.156.